The Morgan fingerprint density at radius 3 is 2.33 bits per heavy atom. The van der Waals surface area contributed by atoms with Crippen LogP contribution >= 0.6 is 0 Å². The zero-order valence-corrected chi connectivity index (χ0v) is 14.5. The lowest BCUT2D eigenvalue weighted by Crippen LogP contribution is -2.44. The molecule has 2 atom stereocenters. The maximum atomic E-state index is 5.38. The molecular weight excluding hydrogens is 262 g/mol. The van der Waals surface area contributed by atoms with E-state index in [1.807, 2.05) is 0 Å². The summed E-state index contributed by atoms with van der Waals surface area (Å²) < 4.78 is 5.38. The SMILES string of the molecule is CC(C)(C)c1noc(CNC2CCCCC2C(C)(C)C)n1. The number of aromatic nitrogens is 2. The molecule has 1 N–H and O–H groups in total. The Kier molecular flexibility index (Phi) is 4.76. The van der Waals surface area contributed by atoms with Crippen LogP contribution in [0.4, 0.5) is 0 Å². The van der Waals surface area contributed by atoms with Gasteiger partial charge in [0.25, 0.3) is 0 Å². The van der Waals surface area contributed by atoms with Gasteiger partial charge in [-0.05, 0) is 24.2 Å². The Bertz CT molecular complexity index is 453. The molecule has 120 valence electrons. The zero-order valence-electron chi connectivity index (χ0n) is 14.5. The third-order valence-electron chi connectivity index (χ3n) is 4.53. The Balaban J connectivity index is 1.96. The average Bonchev–Trinajstić information content (AvgIpc) is 2.84. The maximum absolute atomic E-state index is 5.38. The second-order valence-electron chi connectivity index (χ2n) is 8.51. The van der Waals surface area contributed by atoms with Gasteiger partial charge in [0.2, 0.25) is 5.89 Å². The molecule has 1 saturated carbocycles. The molecule has 0 radical (unpaired) electrons. The number of nitrogens with one attached hydrogen (secondary N) is 1. The highest BCUT2D eigenvalue weighted by atomic mass is 16.5. The zero-order chi connectivity index (χ0) is 15.7. The highest BCUT2D eigenvalue weighted by Gasteiger charge is 2.34. The van der Waals surface area contributed by atoms with E-state index < -0.39 is 0 Å². The summed E-state index contributed by atoms with van der Waals surface area (Å²) in [7, 11) is 0. The smallest absolute Gasteiger partial charge is 0.240 e. The lowest BCUT2D eigenvalue weighted by Gasteiger charge is -2.40. The van der Waals surface area contributed by atoms with Crippen LogP contribution in [-0.2, 0) is 12.0 Å². The van der Waals surface area contributed by atoms with E-state index in [4.69, 9.17) is 4.52 Å². The predicted octanol–water partition coefficient (Wildman–Crippen LogP) is 4.06. The van der Waals surface area contributed by atoms with Crippen molar-refractivity contribution >= 4 is 0 Å². The molecule has 2 unspecified atom stereocenters. The monoisotopic (exact) mass is 293 g/mol. The normalized spacial score (nSPS) is 24.3. The number of hydrogen-bond donors (Lipinski definition) is 1. The van der Waals surface area contributed by atoms with Gasteiger partial charge in [-0.3, -0.25) is 0 Å². The fourth-order valence-corrected chi connectivity index (χ4v) is 3.26. The van der Waals surface area contributed by atoms with Gasteiger partial charge in [-0.2, -0.15) is 4.98 Å². The first kappa shape index (κ1) is 16.5. The second-order valence-corrected chi connectivity index (χ2v) is 8.51. The van der Waals surface area contributed by atoms with Gasteiger partial charge in [-0.25, -0.2) is 0 Å². The molecule has 1 aromatic rings. The van der Waals surface area contributed by atoms with Crippen LogP contribution < -0.4 is 5.32 Å². The summed E-state index contributed by atoms with van der Waals surface area (Å²) in [6, 6.07) is 0.559. The second kappa shape index (κ2) is 6.07. The Labute approximate surface area is 129 Å². The van der Waals surface area contributed by atoms with Gasteiger partial charge in [0.15, 0.2) is 5.82 Å². The Morgan fingerprint density at radius 1 is 1.10 bits per heavy atom. The van der Waals surface area contributed by atoms with Crippen LogP contribution in [-0.4, -0.2) is 16.2 Å². The van der Waals surface area contributed by atoms with Gasteiger partial charge in [-0.1, -0.05) is 59.5 Å². The van der Waals surface area contributed by atoms with Gasteiger partial charge >= 0.3 is 0 Å². The van der Waals surface area contributed by atoms with Crippen LogP contribution in [0.15, 0.2) is 4.52 Å². The van der Waals surface area contributed by atoms with Crippen LogP contribution in [0.1, 0.15) is 78.9 Å². The van der Waals surface area contributed by atoms with E-state index in [2.05, 4.69) is 57.0 Å². The van der Waals surface area contributed by atoms with Crippen LogP contribution in [0.3, 0.4) is 0 Å². The van der Waals surface area contributed by atoms with Crippen LogP contribution in [0, 0.1) is 11.3 Å². The molecule has 0 bridgehead atoms. The summed E-state index contributed by atoms with van der Waals surface area (Å²) in [5.41, 5.74) is 0.296. The van der Waals surface area contributed by atoms with Crippen LogP contribution in [0.2, 0.25) is 0 Å². The first-order valence-electron chi connectivity index (χ1n) is 8.24. The first-order valence-corrected chi connectivity index (χ1v) is 8.24. The maximum Gasteiger partial charge on any atom is 0.240 e. The van der Waals surface area contributed by atoms with E-state index in [0.29, 0.717) is 23.9 Å². The van der Waals surface area contributed by atoms with Crippen molar-refractivity contribution in [2.45, 2.75) is 85.2 Å². The van der Waals surface area contributed by atoms with Crippen molar-refractivity contribution in [3.63, 3.8) is 0 Å². The predicted molar refractivity (Wildman–Crippen MR) is 85.0 cm³/mol. The summed E-state index contributed by atoms with van der Waals surface area (Å²) in [5, 5.41) is 7.76. The van der Waals surface area contributed by atoms with Crippen molar-refractivity contribution in [2.24, 2.45) is 11.3 Å². The van der Waals surface area contributed by atoms with Crippen molar-refractivity contribution in [3.05, 3.63) is 11.7 Å². The van der Waals surface area contributed by atoms with Gasteiger partial charge in [0.1, 0.15) is 0 Å². The molecule has 1 aromatic heterocycles. The molecular formula is C17H31N3O. The molecule has 4 nitrogen and oxygen atoms in total. The summed E-state index contributed by atoms with van der Waals surface area (Å²) in [6.45, 7) is 14.0. The molecule has 1 aliphatic carbocycles. The lowest BCUT2D eigenvalue weighted by molar-refractivity contribution is 0.127. The summed E-state index contributed by atoms with van der Waals surface area (Å²) >= 11 is 0. The summed E-state index contributed by atoms with van der Waals surface area (Å²) in [5.74, 6) is 2.21. The van der Waals surface area contributed by atoms with Crippen molar-refractivity contribution in [1.29, 1.82) is 0 Å². The topological polar surface area (TPSA) is 51.0 Å². The average molecular weight is 293 g/mol. The molecule has 0 spiro atoms. The molecule has 0 amide bonds. The number of hydrogen-bond acceptors (Lipinski definition) is 4. The molecule has 4 heteroatoms. The fourth-order valence-electron chi connectivity index (χ4n) is 3.26. The molecule has 1 fully saturated rings. The molecule has 2 rings (SSSR count). The van der Waals surface area contributed by atoms with Gasteiger partial charge in [-0.15, -0.1) is 0 Å². The third kappa shape index (κ3) is 4.29. The minimum Gasteiger partial charge on any atom is -0.338 e. The van der Waals surface area contributed by atoms with Crippen molar-refractivity contribution < 1.29 is 4.52 Å². The highest BCUT2D eigenvalue weighted by Crippen LogP contribution is 2.38. The van der Waals surface area contributed by atoms with Crippen LogP contribution in [0.5, 0.6) is 0 Å². The Hall–Kier alpha value is -0.900. The summed E-state index contributed by atoms with van der Waals surface area (Å²) in [4.78, 5) is 4.51. The quantitative estimate of drug-likeness (QED) is 0.913. The van der Waals surface area contributed by atoms with E-state index in [-0.39, 0.29) is 5.41 Å². The molecule has 21 heavy (non-hydrogen) atoms. The largest absolute Gasteiger partial charge is 0.338 e. The van der Waals surface area contributed by atoms with E-state index >= 15 is 0 Å². The van der Waals surface area contributed by atoms with Crippen molar-refractivity contribution in [2.75, 3.05) is 0 Å². The molecule has 0 aromatic carbocycles. The molecule has 0 saturated heterocycles. The first-order chi connectivity index (χ1) is 9.68. The number of rotatable bonds is 3. The molecule has 1 aliphatic rings. The summed E-state index contributed by atoms with van der Waals surface area (Å²) in [6.07, 6.45) is 5.25. The van der Waals surface area contributed by atoms with Crippen LogP contribution in [0.25, 0.3) is 0 Å². The van der Waals surface area contributed by atoms with Gasteiger partial charge < -0.3 is 9.84 Å². The fraction of sp³-hybridized carbons (Fsp3) is 0.882. The Morgan fingerprint density at radius 2 is 1.76 bits per heavy atom. The van der Waals surface area contributed by atoms with Gasteiger partial charge in [0, 0.05) is 11.5 Å². The van der Waals surface area contributed by atoms with Crippen molar-refractivity contribution in [1.82, 2.24) is 15.5 Å². The minimum atomic E-state index is -0.0550. The van der Waals surface area contributed by atoms with E-state index in [0.717, 1.165) is 11.7 Å². The number of nitrogens with zero attached hydrogens (tertiary/aromatic N) is 2. The molecule has 1 heterocycles. The third-order valence-corrected chi connectivity index (χ3v) is 4.53. The molecule has 0 aliphatic heterocycles. The standard InChI is InChI=1S/C17H31N3O/c1-16(2,3)12-9-7-8-10-13(12)18-11-14-19-15(20-21-14)17(4,5)6/h12-13,18H,7-11H2,1-6H3. The minimum absolute atomic E-state index is 0.0550. The van der Waals surface area contributed by atoms with E-state index in [1.54, 1.807) is 0 Å². The van der Waals surface area contributed by atoms with Crippen molar-refractivity contribution in [3.8, 4) is 0 Å². The lowest BCUT2D eigenvalue weighted by atomic mass is 9.69. The van der Waals surface area contributed by atoms with Gasteiger partial charge in [0.05, 0.1) is 6.54 Å². The van der Waals surface area contributed by atoms with E-state index in [1.165, 1.54) is 25.7 Å². The highest BCUT2D eigenvalue weighted by molar-refractivity contribution is 5.00. The van der Waals surface area contributed by atoms with E-state index in [9.17, 15) is 0 Å².